The zero-order valence-electron chi connectivity index (χ0n) is 11.7. The highest BCUT2D eigenvalue weighted by Gasteiger charge is 2.24. The quantitative estimate of drug-likeness (QED) is 0.710. The van der Waals surface area contributed by atoms with E-state index in [1.54, 1.807) is 0 Å². The van der Waals surface area contributed by atoms with Crippen LogP contribution in [-0.4, -0.2) is 24.5 Å². The van der Waals surface area contributed by atoms with Crippen LogP contribution in [0.4, 0.5) is 0 Å². The Hall–Kier alpha value is -1.06. The lowest BCUT2D eigenvalue weighted by molar-refractivity contribution is -0.148. The van der Waals surface area contributed by atoms with Crippen LogP contribution in [0.25, 0.3) is 0 Å². The van der Waals surface area contributed by atoms with Gasteiger partial charge in [0.05, 0.1) is 12.5 Å². The van der Waals surface area contributed by atoms with E-state index in [1.165, 1.54) is 0 Å². The van der Waals surface area contributed by atoms with Crippen LogP contribution >= 0.6 is 0 Å². The molecular weight excluding hydrogens is 230 g/mol. The molecule has 0 aliphatic heterocycles. The molecule has 1 rings (SSSR count). The van der Waals surface area contributed by atoms with E-state index >= 15 is 0 Å². The van der Waals surface area contributed by atoms with Crippen molar-refractivity contribution in [2.45, 2.75) is 59.0 Å². The minimum atomic E-state index is -0.225. The average molecular weight is 255 g/mol. The first-order chi connectivity index (χ1) is 8.49. The Kier molecular flexibility index (Phi) is 6.16. The Bertz CT molecular complexity index is 285. The molecule has 1 saturated carbocycles. The van der Waals surface area contributed by atoms with Crippen molar-refractivity contribution in [3.8, 4) is 0 Å². The smallest absolute Gasteiger partial charge is 0.307 e. The number of carbonyl (C=O) groups is 2. The van der Waals surface area contributed by atoms with E-state index in [0.717, 1.165) is 25.7 Å². The Balaban J connectivity index is 2.07. The fourth-order valence-electron chi connectivity index (χ4n) is 2.10. The molecule has 4 nitrogen and oxygen atoms in total. The molecule has 0 aromatic carbocycles. The molecule has 1 amide bonds. The largest absolute Gasteiger partial charge is 0.463 e. The summed E-state index contributed by atoms with van der Waals surface area (Å²) in [5.74, 6) is 0.563. The summed E-state index contributed by atoms with van der Waals surface area (Å²) in [4.78, 5) is 23.0. The monoisotopic (exact) mass is 255 g/mol. The standard InChI is InChI=1S/C14H25NO3/c1-10(2)9-11(3)18-13(16)7-8-15-14(17)12-5-4-6-12/h10-12H,4-9H2,1-3H3,(H,15,17). The summed E-state index contributed by atoms with van der Waals surface area (Å²) >= 11 is 0. The SMILES string of the molecule is CC(C)CC(C)OC(=O)CCNC(=O)C1CCC1. The molecule has 0 radical (unpaired) electrons. The predicted octanol–water partition coefficient (Wildman–Crippen LogP) is 2.27. The zero-order chi connectivity index (χ0) is 13.5. The van der Waals surface area contributed by atoms with E-state index in [4.69, 9.17) is 4.74 Å². The molecule has 0 aromatic heterocycles. The van der Waals surface area contributed by atoms with Crippen LogP contribution in [0.5, 0.6) is 0 Å². The molecule has 1 unspecified atom stereocenters. The van der Waals surface area contributed by atoms with E-state index in [1.807, 2.05) is 6.92 Å². The molecule has 1 atom stereocenters. The van der Waals surface area contributed by atoms with Crippen molar-refractivity contribution in [3.05, 3.63) is 0 Å². The van der Waals surface area contributed by atoms with Crippen LogP contribution in [0.2, 0.25) is 0 Å². The summed E-state index contributed by atoms with van der Waals surface area (Å²) in [5, 5.41) is 2.79. The van der Waals surface area contributed by atoms with Gasteiger partial charge in [0.25, 0.3) is 0 Å². The lowest BCUT2D eigenvalue weighted by Crippen LogP contribution is -2.35. The lowest BCUT2D eigenvalue weighted by atomic mass is 9.85. The summed E-state index contributed by atoms with van der Waals surface area (Å²) in [6.07, 6.45) is 4.22. The van der Waals surface area contributed by atoms with Crippen LogP contribution in [0, 0.1) is 11.8 Å². The molecule has 1 aliphatic carbocycles. The first kappa shape index (κ1) is 15.0. The van der Waals surface area contributed by atoms with Crippen LogP contribution in [0.1, 0.15) is 52.9 Å². The second-order valence-electron chi connectivity index (χ2n) is 5.60. The number of hydrogen-bond acceptors (Lipinski definition) is 3. The molecule has 0 heterocycles. The van der Waals surface area contributed by atoms with Crippen molar-refractivity contribution in [1.29, 1.82) is 0 Å². The maximum Gasteiger partial charge on any atom is 0.307 e. The van der Waals surface area contributed by atoms with E-state index in [0.29, 0.717) is 12.5 Å². The molecule has 0 aromatic rings. The zero-order valence-corrected chi connectivity index (χ0v) is 11.7. The first-order valence-electron chi connectivity index (χ1n) is 6.96. The number of amides is 1. The Morgan fingerprint density at radius 1 is 1.28 bits per heavy atom. The number of ether oxygens (including phenoxy) is 1. The van der Waals surface area contributed by atoms with Gasteiger partial charge >= 0.3 is 5.97 Å². The molecule has 1 N–H and O–H groups in total. The third kappa shape index (κ3) is 5.52. The summed E-state index contributed by atoms with van der Waals surface area (Å²) in [5.41, 5.74) is 0. The van der Waals surface area contributed by atoms with Crippen LogP contribution in [0.15, 0.2) is 0 Å². The van der Waals surface area contributed by atoms with Gasteiger partial charge in [-0.3, -0.25) is 9.59 Å². The Labute approximate surface area is 109 Å². The van der Waals surface area contributed by atoms with E-state index < -0.39 is 0 Å². The molecule has 0 saturated heterocycles. The van der Waals surface area contributed by atoms with E-state index in [2.05, 4.69) is 19.2 Å². The van der Waals surface area contributed by atoms with Gasteiger partial charge < -0.3 is 10.1 Å². The number of nitrogens with one attached hydrogen (secondary N) is 1. The summed E-state index contributed by atoms with van der Waals surface area (Å²) in [6.45, 7) is 6.50. The lowest BCUT2D eigenvalue weighted by Gasteiger charge is -2.24. The number of esters is 1. The topological polar surface area (TPSA) is 55.4 Å². The summed E-state index contributed by atoms with van der Waals surface area (Å²) < 4.78 is 5.25. The van der Waals surface area contributed by atoms with Crippen molar-refractivity contribution in [3.63, 3.8) is 0 Å². The van der Waals surface area contributed by atoms with Crippen molar-refractivity contribution >= 4 is 11.9 Å². The third-order valence-electron chi connectivity index (χ3n) is 3.24. The van der Waals surface area contributed by atoms with Crippen LogP contribution in [0.3, 0.4) is 0 Å². The maximum atomic E-state index is 11.5. The minimum absolute atomic E-state index is 0.0418. The van der Waals surface area contributed by atoms with Gasteiger partial charge in [-0.05, 0) is 32.1 Å². The second-order valence-corrected chi connectivity index (χ2v) is 5.60. The molecule has 18 heavy (non-hydrogen) atoms. The summed E-state index contributed by atoms with van der Waals surface area (Å²) in [6, 6.07) is 0. The first-order valence-corrected chi connectivity index (χ1v) is 6.96. The van der Waals surface area contributed by atoms with Gasteiger partial charge in [0.15, 0.2) is 0 Å². The molecule has 0 bridgehead atoms. The minimum Gasteiger partial charge on any atom is -0.463 e. The van der Waals surface area contributed by atoms with Crippen molar-refractivity contribution in [2.75, 3.05) is 6.54 Å². The maximum absolute atomic E-state index is 11.5. The molecule has 1 fully saturated rings. The molecule has 0 spiro atoms. The van der Waals surface area contributed by atoms with Crippen LogP contribution < -0.4 is 5.32 Å². The predicted molar refractivity (Wildman–Crippen MR) is 70.0 cm³/mol. The number of hydrogen-bond donors (Lipinski definition) is 1. The van der Waals surface area contributed by atoms with Crippen molar-refractivity contribution in [2.24, 2.45) is 11.8 Å². The molecule has 104 valence electrons. The van der Waals surface area contributed by atoms with Gasteiger partial charge in [0.2, 0.25) is 5.91 Å². The number of rotatable bonds is 7. The fraction of sp³-hybridized carbons (Fsp3) is 0.857. The van der Waals surface area contributed by atoms with Gasteiger partial charge in [-0.1, -0.05) is 20.3 Å². The Morgan fingerprint density at radius 2 is 1.94 bits per heavy atom. The molecule has 1 aliphatic rings. The average Bonchev–Trinajstić information content (AvgIpc) is 2.12. The highest BCUT2D eigenvalue weighted by atomic mass is 16.5. The van der Waals surface area contributed by atoms with Gasteiger partial charge in [-0.15, -0.1) is 0 Å². The van der Waals surface area contributed by atoms with E-state index in [-0.39, 0.29) is 30.3 Å². The third-order valence-corrected chi connectivity index (χ3v) is 3.24. The summed E-state index contributed by atoms with van der Waals surface area (Å²) in [7, 11) is 0. The van der Waals surface area contributed by atoms with Crippen molar-refractivity contribution in [1.82, 2.24) is 5.32 Å². The number of carbonyl (C=O) groups excluding carboxylic acids is 2. The second kappa shape index (κ2) is 7.39. The molecule has 4 heteroatoms. The van der Waals surface area contributed by atoms with E-state index in [9.17, 15) is 9.59 Å². The van der Waals surface area contributed by atoms with Crippen LogP contribution in [-0.2, 0) is 14.3 Å². The van der Waals surface area contributed by atoms with Gasteiger partial charge in [-0.2, -0.15) is 0 Å². The highest BCUT2D eigenvalue weighted by molar-refractivity contribution is 5.80. The van der Waals surface area contributed by atoms with Crippen molar-refractivity contribution < 1.29 is 14.3 Å². The van der Waals surface area contributed by atoms with Gasteiger partial charge in [0.1, 0.15) is 0 Å². The molecular formula is C14H25NO3. The van der Waals surface area contributed by atoms with Gasteiger partial charge in [0, 0.05) is 12.5 Å². The normalized spacial score (nSPS) is 17.1. The Morgan fingerprint density at radius 3 is 2.44 bits per heavy atom. The highest BCUT2D eigenvalue weighted by Crippen LogP contribution is 2.26. The fourth-order valence-corrected chi connectivity index (χ4v) is 2.10. The van der Waals surface area contributed by atoms with Gasteiger partial charge in [-0.25, -0.2) is 0 Å².